The zero-order valence-corrected chi connectivity index (χ0v) is 39.7. The standard InChI is InChI=1S/C24H31N7O2.C20H24ClN5O.C4H8N2O/c1-29(2)24(18-6-4-3-5-7-18)10-8-23(9-11-24)17-31(22(33)28-23)19-14-26-21(27-15-19)30-13-12-25-20(32)16-30;1-25(2)20(15-6-4-3-5-7-15)10-8-19(9-11-20)14-26(18(27)24-19)16-12-22-17(21)23-13-16;7-4-3-5-1-2-6-4/h3-7,14-15H,8-13,16-17H2,1-2H3,(H,25,32)(H,28,33);3-7,12-13H,8-11,14H2,1-2H3,(H,24,27);5H,1-3H2,(H,6,7). The highest BCUT2D eigenvalue weighted by atomic mass is 35.5. The van der Waals surface area contributed by atoms with Crippen molar-refractivity contribution in [2.75, 3.05) is 95.2 Å². The minimum absolute atomic E-state index is 0.00798. The number of hydrogen-bond acceptors (Lipinski definition) is 12. The molecule has 19 heteroatoms. The number of urea groups is 2. The number of benzene rings is 2. The van der Waals surface area contributed by atoms with Gasteiger partial charge in [0, 0.05) is 37.3 Å². The fourth-order valence-electron chi connectivity index (χ4n) is 10.6. The van der Waals surface area contributed by atoms with E-state index in [0.29, 0.717) is 50.0 Å². The molecule has 0 bridgehead atoms. The maximum atomic E-state index is 12.9. The Kier molecular flexibility index (Phi) is 14.3. The van der Waals surface area contributed by atoms with Crippen molar-refractivity contribution in [2.45, 2.75) is 73.5 Å². The normalized spacial score (nSPS) is 27.2. The van der Waals surface area contributed by atoms with Gasteiger partial charge in [-0.05, 0) is 102 Å². The molecule has 0 radical (unpaired) electrons. The Balaban J connectivity index is 0.000000161. The van der Waals surface area contributed by atoms with E-state index in [1.54, 1.807) is 34.6 Å². The summed E-state index contributed by atoms with van der Waals surface area (Å²) >= 11 is 5.77. The number of halogens is 1. The monoisotopic (exact) mass is 934 g/mol. The third-order valence-electron chi connectivity index (χ3n) is 14.6. The first-order chi connectivity index (χ1) is 32.2. The van der Waals surface area contributed by atoms with Gasteiger partial charge in [0.15, 0.2) is 0 Å². The fraction of sp³-hybridized carbons (Fsp3) is 0.500. The van der Waals surface area contributed by atoms with Crippen molar-refractivity contribution in [3.05, 3.63) is 102 Å². The lowest BCUT2D eigenvalue weighted by atomic mass is 9.69. The van der Waals surface area contributed by atoms with Gasteiger partial charge < -0.3 is 31.5 Å². The van der Waals surface area contributed by atoms with Crippen LogP contribution in [0.5, 0.6) is 0 Å². The van der Waals surface area contributed by atoms with E-state index in [1.807, 2.05) is 4.90 Å². The number of aromatic nitrogens is 4. The fourth-order valence-corrected chi connectivity index (χ4v) is 10.7. The summed E-state index contributed by atoms with van der Waals surface area (Å²) in [4.78, 5) is 74.3. The molecule has 6 fully saturated rings. The molecule has 10 rings (SSSR count). The average Bonchev–Trinajstić information content (AvgIpc) is 3.85. The average molecular weight is 936 g/mol. The second-order valence-corrected chi connectivity index (χ2v) is 19.3. The number of carbonyl (C=O) groups is 4. The molecule has 6 heterocycles. The highest BCUT2D eigenvalue weighted by Gasteiger charge is 2.52. The molecule has 4 saturated heterocycles. The maximum Gasteiger partial charge on any atom is 0.322 e. The molecule has 356 valence electrons. The zero-order valence-electron chi connectivity index (χ0n) is 38.9. The molecule has 2 aliphatic carbocycles. The third kappa shape index (κ3) is 10.3. The number of hydrogen-bond donors (Lipinski definition) is 5. The Bertz CT molecular complexity index is 2330. The van der Waals surface area contributed by atoms with Crippen LogP contribution in [0.2, 0.25) is 5.28 Å². The molecule has 4 aromatic rings. The van der Waals surface area contributed by atoms with Crippen molar-refractivity contribution in [2.24, 2.45) is 0 Å². The van der Waals surface area contributed by atoms with E-state index in [9.17, 15) is 19.2 Å². The molecular formula is C48H63ClN14O4. The first-order valence-electron chi connectivity index (χ1n) is 23.2. The van der Waals surface area contributed by atoms with Gasteiger partial charge in [0.1, 0.15) is 0 Å². The minimum atomic E-state index is -0.241. The van der Waals surface area contributed by atoms with E-state index >= 15 is 0 Å². The third-order valence-corrected chi connectivity index (χ3v) is 14.8. The Morgan fingerprint density at radius 3 is 1.40 bits per heavy atom. The molecule has 18 nitrogen and oxygen atoms in total. The van der Waals surface area contributed by atoms with Crippen molar-refractivity contribution >= 4 is 52.8 Å². The number of piperazine rings is 2. The molecule has 0 atom stereocenters. The second-order valence-electron chi connectivity index (χ2n) is 18.9. The van der Waals surface area contributed by atoms with Crippen molar-refractivity contribution in [1.82, 2.24) is 56.3 Å². The van der Waals surface area contributed by atoms with E-state index in [1.165, 1.54) is 11.1 Å². The van der Waals surface area contributed by atoms with Crippen molar-refractivity contribution in [3.8, 4) is 0 Å². The van der Waals surface area contributed by atoms with Crippen LogP contribution in [0.3, 0.4) is 0 Å². The number of carbonyl (C=O) groups excluding carboxylic acids is 4. The Labute approximate surface area is 397 Å². The topological polar surface area (TPSA) is 196 Å². The molecule has 2 saturated carbocycles. The molecule has 6 amide bonds. The Morgan fingerprint density at radius 2 is 1.01 bits per heavy atom. The SMILES string of the molecule is CN(C)C1(c2ccccc2)CCC2(CC1)CN(c1cnc(Cl)nc1)C(=O)N2.CN(C)C1(c2ccccc2)CCC2(CC1)CN(c1cnc(N3CCNC(=O)C3)nc1)C(=O)N2.O=C1CNCCN1. The molecule has 2 spiro atoms. The summed E-state index contributed by atoms with van der Waals surface area (Å²) in [7, 11) is 8.59. The van der Waals surface area contributed by atoms with Crippen LogP contribution in [0.4, 0.5) is 26.9 Å². The lowest BCUT2D eigenvalue weighted by Gasteiger charge is -2.48. The quantitative estimate of drug-likeness (QED) is 0.168. The largest absolute Gasteiger partial charge is 0.354 e. The van der Waals surface area contributed by atoms with Gasteiger partial charge >= 0.3 is 12.1 Å². The van der Waals surface area contributed by atoms with E-state index in [0.717, 1.165) is 64.5 Å². The Morgan fingerprint density at radius 1 is 0.567 bits per heavy atom. The van der Waals surface area contributed by atoms with Crippen LogP contribution in [0.15, 0.2) is 85.5 Å². The molecular weight excluding hydrogens is 872 g/mol. The molecule has 67 heavy (non-hydrogen) atoms. The summed E-state index contributed by atoms with van der Waals surface area (Å²) in [5.41, 5.74) is 3.59. The van der Waals surface area contributed by atoms with Crippen LogP contribution in [-0.4, -0.2) is 145 Å². The summed E-state index contributed by atoms with van der Waals surface area (Å²) < 4.78 is 0. The predicted octanol–water partition coefficient (Wildman–Crippen LogP) is 3.85. The highest BCUT2D eigenvalue weighted by Crippen LogP contribution is 2.48. The van der Waals surface area contributed by atoms with Crippen LogP contribution < -0.4 is 41.3 Å². The zero-order chi connectivity index (χ0) is 47.2. The number of anilines is 3. The van der Waals surface area contributed by atoms with Gasteiger partial charge in [-0.1, -0.05) is 60.7 Å². The van der Waals surface area contributed by atoms with Crippen LogP contribution in [0.25, 0.3) is 0 Å². The maximum absolute atomic E-state index is 12.9. The summed E-state index contributed by atoms with van der Waals surface area (Å²) in [5, 5.41) is 15.1. The summed E-state index contributed by atoms with van der Waals surface area (Å²) in [5.74, 6) is 0.585. The van der Waals surface area contributed by atoms with Gasteiger partial charge in [-0.3, -0.25) is 29.2 Å². The van der Waals surface area contributed by atoms with Crippen molar-refractivity contribution < 1.29 is 19.2 Å². The van der Waals surface area contributed by atoms with Crippen molar-refractivity contribution in [1.29, 1.82) is 0 Å². The van der Waals surface area contributed by atoms with Gasteiger partial charge in [0.2, 0.25) is 23.0 Å². The molecule has 2 aromatic heterocycles. The van der Waals surface area contributed by atoms with Crippen LogP contribution in [0.1, 0.15) is 62.5 Å². The second kappa shape index (κ2) is 20.1. The highest BCUT2D eigenvalue weighted by molar-refractivity contribution is 6.28. The van der Waals surface area contributed by atoms with E-state index < -0.39 is 0 Å². The van der Waals surface area contributed by atoms with E-state index in [4.69, 9.17) is 11.6 Å². The van der Waals surface area contributed by atoms with Gasteiger partial charge in [-0.2, -0.15) is 0 Å². The molecule has 5 N–H and O–H groups in total. The van der Waals surface area contributed by atoms with Crippen LogP contribution in [0, 0.1) is 0 Å². The van der Waals surface area contributed by atoms with Crippen LogP contribution >= 0.6 is 11.6 Å². The molecule has 0 unspecified atom stereocenters. The smallest absolute Gasteiger partial charge is 0.322 e. The molecule has 4 aliphatic heterocycles. The number of rotatable bonds is 7. The number of amides is 6. The number of nitrogens with zero attached hydrogens (tertiary/aromatic N) is 9. The number of nitrogens with one attached hydrogen (secondary N) is 5. The molecule has 2 aromatic carbocycles. The van der Waals surface area contributed by atoms with E-state index in [2.05, 4.69) is 145 Å². The minimum Gasteiger partial charge on any atom is -0.354 e. The van der Waals surface area contributed by atoms with Gasteiger partial charge in [-0.25, -0.2) is 29.5 Å². The van der Waals surface area contributed by atoms with Gasteiger partial charge in [0.25, 0.3) is 0 Å². The lowest BCUT2D eigenvalue weighted by molar-refractivity contribution is -0.121. The summed E-state index contributed by atoms with van der Waals surface area (Å²) in [6.07, 6.45) is 14.2. The summed E-state index contributed by atoms with van der Waals surface area (Å²) in [6.45, 7) is 4.92. The van der Waals surface area contributed by atoms with Crippen molar-refractivity contribution in [3.63, 3.8) is 0 Å². The van der Waals surface area contributed by atoms with Gasteiger partial charge in [-0.15, -0.1) is 0 Å². The molecule has 6 aliphatic rings. The summed E-state index contributed by atoms with van der Waals surface area (Å²) in [6, 6.07) is 21.2. The lowest BCUT2D eigenvalue weighted by Crippen LogP contribution is -2.54. The van der Waals surface area contributed by atoms with Gasteiger partial charge in [0.05, 0.1) is 73.4 Å². The van der Waals surface area contributed by atoms with E-state index in [-0.39, 0.29) is 57.9 Å². The predicted molar refractivity (Wildman–Crippen MR) is 258 cm³/mol. The first kappa shape index (κ1) is 47.5. The Hall–Kier alpha value is -5.95. The van der Waals surface area contributed by atoms with Crippen LogP contribution in [-0.2, 0) is 20.7 Å². The first-order valence-corrected chi connectivity index (χ1v) is 23.6.